The van der Waals surface area contributed by atoms with Gasteiger partial charge in [0.25, 0.3) is 0 Å². The summed E-state index contributed by atoms with van der Waals surface area (Å²) in [6, 6.07) is 1.99. The molecule has 2 rings (SSSR count). The van der Waals surface area contributed by atoms with Crippen LogP contribution in [-0.2, 0) is 4.79 Å². The molecule has 0 amide bonds. The zero-order chi connectivity index (χ0) is 14.2. The van der Waals surface area contributed by atoms with E-state index in [1.807, 2.05) is 26.8 Å². The van der Waals surface area contributed by atoms with Crippen LogP contribution < -0.4 is 0 Å². The van der Waals surface area contributed by atoms with Crippen LogP contribution in [0.2, 0.25) is 5.15 Å². The van der Waals surface area contributed by atoms with Crippen molar-refractivity contribution in [2.45, 2.75) is 26.8 Å². The molecular formula is C13H14ClN3O2. The van der Waals surface area contributed by atoms with E-state index in [1.165, 1.54) is 6.08 Å². The Hall–Kier alpha value is -1.88. The number of aryl methyl sites for hydroxylation is 1. The van der Waals surface area contributed by atoms with Crippen LogP contribution in [0.15, 0.2) is 12.1 Å². The molecule has 0 unspecified atom stereocenters. The molecule has 0 atom stereocenters. The van der Waals surface area contributed by atoms with Crippen LogP contribution in [0.1, 0.15) is 31.1 Å². The number of halogens is 1. The van der Waals surface area contributed by atoms with E-state index in [9.17, 15) is 4.79 Å². The third-order valence-electron chi connectivity index (χ3n) is 2.74. The minimum atomic E-state index is -1.02. The second-order valence-electron chi connectivity index (χ2n) is 4.53. The van der Waals surface area contributed by atoms with Crippen molar-refractivity contribution in [2.75, 3.05) is 0 Å². The van der Waals surface area contributed by atoms with Gasteiger partial charge in [-0.3, -0.25) is 0 Å². The van der Waals surface area contributed by atoms with Crippen LogP contribution in [-0.4, -0.2) is 25.8 Å². The van der Waals surface area contributed by atoms with Crippen LogP contribution in [0, 0.1) is 6.92 Å². The molecule has 0 bridgehead atoms. The largest absolute Gasteiger partial charge is 0.478 e. The molecule has 19 heavy (non-hydrogen) atoms. The standard InChI is InChI=1S/C13H14ClN3O2/c1-7(2)17-13-10(8(3)16-17)6-9(12(14)15-13)4-5-11(18)19/h4-7H,1-3H3,(H,18,19). The monoisotopic (exact) mass is 279 g/mol. The van der Waals surface area contributed by atoms with E-state index in [0.29, 0.717) is 11.2 Å². The zero-order valence-corrected chi connectivity index (χ0v) is 11.6. The van der Waals surface area contributed by atoms with Gasteiger partial charge in [0.05, 0.1) is 5.69 Å². The smallest absolute Gasteiger partial charge is 0.328 e. The van der Waals surface area contributed by atoms with Gasteiger partial charge in [0, 0.05) is 23.1 Å². The summed E-state index contributed by atoms with van der Waals surface area (Å²) in [6.45, 7) is 5.92. The van der Waals surface area contributed by atoms with Crippen LogP contribution in [0.4, 0.5) is 0 Å². The van der Waals surface area contributed by atoms with E-state index in [4.69, 9.17) is 16.7 Å². The Morgan fingerprint density at radius 2 is 2.21 bits per heavy atom. The number of carboxylic acid groups (broad SMARTS) is 1. The van der Waals surface area contributed by atoms with Crippen molar-refractivity contribution in [2.24, 2.45) is 0 Å². The quantitative estimate of drug-likeness (QED) is 0.692. The van der Waals surface area contributed by atoms with Crippen LogP contribution in [0.25, 0.3) is 17.1 Å². The Balaban J connectivity index is 2.63. The first-order valence-electron chi connectivity index (χ1n) is 5.86. The molecule has 1 N–H and O–H groups in total. The molecular weight excluding hydrogens is 266 g/mol. The third kappa shape index (κ3) is 2.61. The summed E-state index contributed by atoms with van der Waals surface area (Å²) in [4.78, 5) is 14.9. The normalized spacial score (nSPS) is 11.8. The summed E-state index contributed by atoms with van der Waals surface area (Å²) in [5, 5.41) is 14.2. The van der Waals surface area contributed by atoms with E-state index in [1.54, 1.807) is 4.68 Å². The summed E-state index contributed by atoms with van der Waals surface area (Å²) in [5.74, 6) is -1.02. The van der Waals surface area contributed by atoms with Crippen molar-refractivity contribution in [3.63, 3.8) is 0 Å². The first-order chi connectivity index (χ1) is 8.90. The molecule has 0 radical (unpaired) electrons. The number of fused-ring (bicyclic) bond motifs is 1. The minimum absolute atomic E-state index is 0.181. The maximum Gasteiger partial charge on any atom is 0.328 e. The Kier molecular flexibility index (Phi) is 3.57. The lowest BCUT2D eigenvalue weighted by molar-refractivity contribution is -0.131. The first kappa shape index (κ1) is 13.5. The molecule has 0 aliphatic heterocycles. The highest BCUT2D eigenvalue weighted by molar-refractivity contribution is 6.31. The predicted molar refractivity (Wildman–Crippen MR) is 74.3 cm³/mol. The van der Waals surface area contributed by atoms with Gasteiger partial charge in [-0.2, -0.15) is 5.10 Å². The summed E-state index contributed by atoms with van der Waals surface area (Å²) in [6.07, 6.45) is 2.47. The Morgan fingerprint density at radius 3 is 2.79 bits per heavy atom. The van der Waals surface area contributed by atoms with E-state index >= 15 is 0 Å². The summed E-state index contributed by atoms with van der Waals surface area (Å²) in [7, 11) is 0. The number of carboxylic acids is 1. The average Bonchev–Trinajstić information content (AvgIpc) is 2.63. The maximum atomic E-state index is 10.5. The number of aliphatic carboxylic acids is 1. The fourth-order valence-electron chi connectivity index (χ4n) is 1.84. The lowest BCUT2D eigenvalue weighted by Crippen LogP contribution is -2.03. The molecule has 0 aliphatic carbocycles. The van der Waals surface area contributed by atoms with E-state index in [2.05, 4.69) is 10.1 Å². The molecule has 2 aromatic heterocycles. The number of nitrogens with zero attached hydrogens (tertiary/aromatic N) is 3. The molecule has 0 aromatic carbocycles. The highest BCUT2D eigenvalue weighted by Crippen LogP contribution is 2.25. The average molecular weight is 280 g/mol. The Bertz CT molecular complexity index is 674. The van der Waals surface area contributed by atoms with Gasteiger partial charge < -0.3 is 5.11 Å². The van der Waals surface area contributed by atoms with Gasteiger partial charge >= 0.3 is 5.97 Å². The van der Waals surface area contributed by atoms with E-state index < -0.39 is 5.97 Å². The molecule has 6 heteroatoms. The second-order valence-corrected chi connectivity index (χ2v) is 4.89. The van der Waals surface area contributed by atoms with E-state index in [-0.39, 0.29) is 11.2 Å². The van der Waals surface area contributed by atoms with Gasteiger partial charge in [-0.25, -0.2) is 14.5 Å². The van der Waals surface area contributed by atoms with Gasteiger partial charge in [-0.05, 0) is 32.9 Å². The van der Waals surface area contributed by atoms with Crippen molar-refractivity contribution < 1.29 is 9.90 Å². The molecule has 0 aliphatic rings. The number of pyridine rings is 1. The summed E-state index contributed by atoms with van der Waals surface area (Å²) < 4.78 is 1.81. The van der Waals surface area contributed by atoms with Crippen LogP contribution >= 0.6 is 11.6 Å². The van der Waals surface area contributed by atoms with E-state index in [0.717, 1.165) is 17.2 Å². The minimum Gasteiger partial charge on any atom is -0.478 e. The van der Waals surface area contributed by atoms with Crippen molar-refractivity contribution in [1.82, 2.24) is 14.8 Å². The van der Waals surface area contributed by atoms with Crippen molar-refractivity contribution in [3.8, 4) is 0 Å². The molecule has 0 fully saturated rings. The highest BCUT2D eigenvalue weighted by atomic mass is 35.5. The lowest BCUT2D eigenvalue weighted by atomic mass is 10.2. The van der Waals surface area contributed by atoms with Gasteiger partial charge in [-0.1, -0.05) is 11.6 Å². The highest BCUT2D eigenvalue weighted by Gasteiger charge is 2.13. The Labute approximate surface area is 115 Å². The number of hydrogen-bond acceptors (Lipinski definition) is 3. The SMILES string of the molecule is Cc1nn(C(C)C)c2nc(Cl)c(C=CC(=O)O)cc12. The number of aromatic nitrogens is 3. The van der Waals surface area contributed by atoms with Gasteiger partial charge in [0.2, 0.25) is 0 Å². The second kappa shape index (κ2) is 5.01. The maximum absolute atomic E-state index is 10.5. The fraction of sp³-hybridized carbons (Fsp3) is 0.308. The van der Waals surface area contributed by atoms with Crippen LogP contribution in [0.5, 0.6) is 0 Å². The van der Waals surface area contributed by atoms with Crippen molar-refractivity contribution in [1.29, 1.82) is 0 Å². The molecule has 0 saturated heterocycles. The number of rotatable bonds is 3. The fourth-order valence-corrected chi connectivity index (χ4v) is 2.04. The Morgan fingerprint density at radius 1 is 1.53 bits per heavy atom. The van der Waals surface area contributed by atoms with Gasteiger partial charge in [-0.15, -0.1) is 0 Å². The number of carbonyl (C=O) groups is 1. The molecule has 100 valence electrons. The molecule has 0 saturated carbocycles. The topological polar surface area (TPSA) is 68.0 Å². The summed E-state index contributed by atoms with van der Waals surface area (Å²) in [5.41, 5.74) is 2.13. The lowest BCUT2D eigenvalue weighted by Gasteiger charge is -2.06. The molecule has 5 nitrogen and oxygen atoms in total. The molecule has 2 aromatic rings. The van der Waals surface area contributed by atoms with Crippen molar-refractivity contribution in [3.05, 3.63) is 28.6 Å². The summed E-state index contributed by atoms with van der Waals surface area (Å²) >= 11 is 6.08. The molecule has 2 heterocycles. The first-order valence-corrected chi connectivity index (χ1v) is 6.24. The molecule has 0 spiro atoms. The van der Waals surface area contributed by atoms with Crippen molar-refractivity contribution >= 4 is 34.7 Å². The van der Waals surface area contributed by atoms with Gasteiger partial charge in [0.1, 0.15) is 5.15 Å². The number of hydrogen-bond donors (Lipinski definition) is 1. The van der Waals surface area contributed by atoms with Gasteiger partial charge in [0.15, 0.2) is 5.65 Å². The van der Waals surface area contributed by atoms with Crippen LogP contribution in [0.3, 0.4) is 0 Å². The zero-order valence-electron chi connectivity index (χ0n) is 10.9. The third-order valence-corrected chi connectivity index (χ3v) is 3.04. The predicted octanol–water partition coefficient (Wildman–Crippen LogP) is 3.07.